The van der Waals surface area contributed by atoms with Gasteiger partial charge < -0.3 is 19.7 Å². The Bertz CT molecular complexity index is 334. The van der Waals surface area contributed by atoms with E-state index in [1.807, 2.05) is 4.90 Å². The zero-order valence-corrected chi connectivity index (χ0v) is 12.1. The number of rotatable bonds is 5. The number of ether oxygens (including phenoxy) is 2. The van der Waals surface area contributed by atoms with Gasteiger partial charge in [0.05, 0.1) is 6.61 Å². The van der Waals surface area contributed by atoms with Crippen molar-refractivity contribution < 1.29 is 19.1 Å². The number of nitrogens with one attached hydrogen (secondary N) is 1. The minimum Gasteiger partial charge on any atom is -0.384 e. The molecule has 0 saturated carbocycles. The summed E-state index contributed by atoms with van der Waals surface area (Å²) in [5, 5.41) is 2.99. The van der Waals surface area contributed by atoms with Crippen LogP contribution in [-0.2, 0) is 19.1 Å². The standard InChI is InChI=1S/C14H24N2O4/c1-19-10-6-13(17)15-11-4-7-16(8-5-11)14(18)12-3-2-9-20-12/h11-12H,2-10H2,1H3,(H,15,17). The zero-order chi connectivity index (χ0) is 14.4. The fourth-order valence-electron chi connectivity index (χ4n) is 2.71. The van der Waals surface area contributed by atoms with Crippen molar-refractivity contribution in [3.05, 3.63) is 0 Å². The van der Waals surface area contributed by atoms with Gasteiger partial charge in [-0.1, -0.05) is 0 Å². The first-order valence-corrected chi connectivity index (χ1v) is 7.39. The summed E-state index contributed by atoms with van der Waals surface area (Å²) in [6, 6.07) is 0.174. The lowest BCUT2D eigenvalue weighted by Crippen LogP contribution is -2.49. The maximum absolute atomic E-state index is 12.2. The number of amides is 2. The first-order chi connectivity index (χ1) is 9.70. The molecule has 2 amide bonds. The van der Waals surface area contributed by atoms with E-state index in [9.17, 15) is 9.59 Å². The van der Waals surface area contributed by atoms with E-state index in [1.165, 1.54) is 0 Å². The van der Waals surface area contributed by atoms with Crippen LogP contribution in [0, 0.1) is 0 Å². The van der Waals surface area contributed by atoms with Crippen LogP contribution in [0.25, 0.3) is 0 Å². The van der Waals surface area contributed by atoms with Crippen molar-refractivity contribution in [1.82, 2.24) is 10.2 Å². The molecule has 0 spiro atoms. The monoisotopic (exact) mass is 284 g/mol. The molecule has 2 fully saturated rings. The number of nitrogens with zero attached hydrogens (tertiary/aromatic N) is 1. The summed E-state index contributed by atoms with van der Waals surface area (Å²) in [6.45, 7) is 2.55. The number of carbonyl (C=O) groups excluding carboxylic acids is 2. The second-order valence-corrected chi connectivity index (χ2v) is 5.41. The molecule has 2 aliphatic rings. The summed E-state index contributed by atoms with van der Waals surface area (Å²) in [5.41, 5.74) is 0. The highest BCUT2D eigenvalue weighted by molar-refractivity contribution is 5.81. The van der Waals surface area contributed by atoms with E-state index in [-0.39, 0.29) is 24.0 Å². The van der Waals surface area contributed by atoms with Gasteiger partial charge in [-0.3, -0.25) is 9.59 Å². The van der Waals surface area contributed by atoms with Crippen LogP contribution in [0.5, 0.6) is 0 Å². The molecule has 6 nitrogen and oxygen atoms in total. The number of methoxy groups -OCH3 is 1. The Labute approximate surface area is 119 Å². The summed E-state index contributed by atoms with van der Waals surface area (Å²) in [6.07, 6.45) is 3.61. The molecule has 1 N–H and O–H groups in total. The quantitative estimate of drug-likeness (QED) is 0.789. The molecular weight excluding hydrogens is 260 g/mol. The Morgan fingerprint density at radius 1 is 1.30 bits per heavy atom. The molecule has 2 heterocycles. The average Bonchev–Trinajstić information content (AvgIpc) is 2.99. The van der Waals surface area contributed by atoms with Crippen LogP contribution in [0.15, 0.2) is 0 Å². The van der Waals surface area contributed by atoms with Crippen LogP contribution < -0.4 is 5.32 Å². The Morgan fingerprint density at radius 2 is 2.05 bits per heavy atom. The third-order valence-corrected chi connectivity index (χ3v) is 3.91. The van der Waals surface area contributed by atoms with Gasteiger partial charge in [0.25, 0.3) is 5.91 Å². The minimum atomic E-state index is -0.233. The molecule has 0 aromatic rings. The molecule has 1 unspecified atom stereocenters. The van der Waals surface area contributed by atoms with Crippen molar-refractivity contribution in [2.45, 2.75) is 44.2 Å². The fourth-order valence-corrected chi connectivity index (χ4v) is 2.71. The summed E-state index contributed by atoms with van der Waals surface area (Å²) >= 11 is 0. The molecule has 0 aromatic carbocycles. The third kappa shape index (κ3) is 4.18. The highest BCUT2D eigenvalue weighted by atomic mass is 16.5. The van der Waals surface area contributed by atoms with Crippen LogP contribution in [0.4, 0.5) is 0 Å². The summed E-state index contributed by atoms with van der Waals surface area (Å²) < 4.78 is 10.3. The van der Waals surface area contributed by atoms with Gasteiger partial charge in [-0.25, -0.2) is 0 Å². The average molecular weight is 284 g/mol. The Balaban J connectivity index is 1.69. The molecular formula is C14H24N2O4. The maximum Gasteiger partial charge on any atom is 0.251 e. The molecule has 0 aliphatic carbocycles. The SMILES string of the molecule is COCCC(=O)NC1CCN(C(=O)C2CCCO2)CC1. The van der Waals surface area contributed by atoms with E-state index in [4.69, 9.17) is 9.47 Å². The van der Waals surface area contributed by atoms with Gasteiger partial charge in [-0.15, -0.1) is 0 Å². The van der Waals surface area contributed by atoms with Gasteiger partial charge in [0.2, 0.25) is 5.91 Å². The summed E-state index contributed by atoms with van der Waals surface area (Å²) in [4.78, 5) is 25.6. The van der Waals surface area contributed by atoms with Crippen LogP contribution in [-0.4, -0.2) is 62.3 Å². The lowest BCUT2D eigenvalue weighted by Gasteiger charge is -2.33. The zero-order valence-electron chi connectivity index (χ0n) is 12.1. The van der Waals surface area contributed by atoms with Crippen molar-refractivity contribution in [3.8, 4) is 0 Å². The number of carbonyl (C=O) groups is 2. The topological polar surface area (TPSA) is 67.9 Å². The number of piperidine rings is 1. The second kappa shape index (κ2) is 7.59. The smallest absolute Gasteiger partial charge is 0.251 e. The number of likely N-dealkylation sites (tertiary alicyclic amines) is 1. The number of hydrogen-bond acceptors (Lipinski definition) is 4. The normalized spacial score (nSPS) is 23.9. The van der Waals surface area contributed by atoms with Crippen molar-refractivity contribution in [3.63, 3.8) is 0 Å². The van der Waals surface area contributed by atoms with Crippen molar-refractivity contribution in [1.29, 1.82) is 0 Å². The maximum atomic E-state index is 12.2. The number of hydrogen-bond donors (Lipinski definition) is 1. The van der Waals surface area contributed by atoms with E-state index in [0.717, 1.165) is 25.7 Å². The van der Waals surface area contributed by atoms with Crippen LogP contribution in [0.1, 0.15) is 32.1 Å². The van der Waals surface area contributed by atoms with Gasteiger partial charge in [-0.05, 0) is 25.7 Å². The first-order valence-electron chi connectivity index (χ1n) is 7.39. The van der Waals surface area contributed by atoms with Gasteiger partial charge in [0.15, 0.2) is 0 Å². The molecule has 2 saturated heterocycles. The third-order valence-electron chi connectivity index (χ3n) is 3.91. The second-order valence-electron chi connectivity index (χ2n) is 5.41. The van der Waals surface area contributed by atoms with E-state index in [2.05, 4.69) is 5.32 Å². The molecule has 20 heavy (non-hydrogen) atoms. The summed E-state index contributed by atoms with van der Waals surface area (Å²) in [5.74, 6) is 0.141. The van der Waals surface area contributed by atoms with Crippen LogP contribution in [0.3, 0.4) is 0 Å². The molecule has 2 rings (SSSR count). The van der Waals surface area contributed by atoms with Gasteiger partial charge in [0.1, 0.15) is 6.10 Å². The predicted octanol–water partition coefficient (Wildman–Crippen LogP) is 0.309. The van der Waals surface area contributed by atoms with Crippen molar-refractivity contribution >= 4 is 11.8 Å². The Morgan fingerprint density at radius 3 is 2.65 bits per heavy atom. The largest absolute Gasteiger partial charge is 0.384 e. The molecule has 114 valence electrons. The van der Waals surface area contributed by atoms with Crippen LogP contribution in [0.2, 0.25) is 0 Å². The van der Waals surface area contributed by atoms with E-state index in [1.54, 1.807) is 7.11 Å². The van der Waals surface area contributed by atoms with E-state index >= 15 is 0 Å². The molecule has 0 aromatic heterocycles. The fraction of sp³-hybridized carbons (Fsp3) is 0.857. The molecule has 2 aliphatic heterocycles. The van der Waals surface area contributed by atoms with Crippen LogP contribution >= 0.6 is 0 Å². The minimum absolute atomic E-state index is 0.0238. The van der Waals surface area contributed by atoms with E-state index < -0.39 is 0 Å². The Kier molecular flexibility index (Phi) is 5.79. The lowest BCUT2D eigenvalue weighted by molar-refractivity contribution is -0.142. The lowest BCUT2D eigenvalue weighted by atomic mass is 10.0. The molecule has 0 radical (unpaired) electrons. The predicted molar refractivity (Wildman–Crippen MR) is 73.2 cm³/mol. The van der Waals surface area contributed by atoms with Gasteiger partial charge in [0, 0.05) is 39.3 Å². The van der Waals surface area contributed by atoms with Crippen molar-refractivity contribution in [2.24, 2.45) is 0 Å². The van der Waals surface area contributed by atoms with Crippen molar-refractivity contribution in [2.75, 3.05) is 33.4 Å². The molecule has 1 atom stereocenters. The van der Waals surface area contributed by atoms with Gasteiger partial charge in [-0.2, -0.15) is 0 Å². The van der Waals surface area contributed by atoms with Gasteiger partial charge >= 0.3 is 0 Å². The van der Waals surface area contributed by atoms with E-state index in [0.29, 0.717) is 32.7 Å². The first kappa shape index (κ1) is 15.3. The molecule has 6 heteroatoms. The highest BCUT2D eigenvalue weighted by Gasteiger charge is 2.31. The summed E-state index contributed by atoms with van der Waals surface area (Å²) in [7, 11) is 1.59. The highest BCUT2D eigenvalue weighted by Crippen LogP contribution is 2.18. The molecule has 0 bridgehead atoms. The Hall–Kier alpha value is -1.14.